The van der Waals surface area contributed by atoms with Gasteiger partial charge >= 0.3 is 0 Å². The van der Waals surface area contributed by atoms with Gasteiger partial charge in [0.25, 0.3) is 5.91 Å². The molecule has 6 heteroatoms. The van der Waals surface area contributed by atoms with E-state index >= 15 is 0 Å². The molecule has 1 aliphatic heterocycles. The van der Waals surface area contributed by atoms with Gasteiger partial charge in [0.15, 0.2) is 6.61 Å². The summed E-state index contributed by atoms with van der Waals surface area (Å²) in [4.78, 5) is 23.8. The van der Waals surface area contributed by atoms with Crippen molar-refractivity contribution in [2.75, 3.05) is 11.9 Å². The van der Waals surface area contributed by atoms with Crippen LogP contribution in [-0.4, -0.2) is 23.0 Å². The number of nitrogens with two attached hydrogens (primary N) is 1. The number of carbonyl (C=O) groups is 2. The average Bonchev–Trinajstić information content (AvgIpc) is 3.08. The van der Waals surface area contributed by atoms with E-state index in [-0.39, 0.29) is 18.4 Å². The molecule has 0 saturated carbocycles. The lowest BCUT2D eigenvalue weighted by molar-refractivity contribution is -0.120. The predicted molar refractivity (Wildman–Crippen MR) is 124 cm³/mol. The van der Waals surface area contributed by atoms with Crippen LogP contribution in [0.2, 0.25) is 0 Å². The number of rotatable bonds is 6. The second-order valence-electron chi connectivity index (χ2n) is 8.03. The van der Waals surface area contributed by atoms with Gasteiger partial charge in [0.05, 0.1) is 11.2 Å². The third kappa shape index (κ3) is 3.83. The summed E-state index contributed by atoms with van der Waals surface area (Å²) in [6.07, 6.45) is 2.47. The van der Waals surface area contributed by atoms with E-state index in [1.165, 1.54) is 5.56 Å². The molecule has 5 rings (SSSR count). The van der Waals surface area contributed by atoms with Crippen LogP contribution in [0.5, 0.6) is 5.75 Å². The van der Waals surface area contributed by atoms with E-state index in [0.29, 0.717) is 12.2 Å². The number of ether oxygens (including phenoxy) is 1. The molecule has 2 amide bonds. The number of nitrogens with zero attached hydrogens (tertiary/aromatic N) is 1. The maximum Gasteiger partial charge on any atom is 0.255 e. The Balaban J connectivity index is 1.61. The number of hydrogen-bond donors (Lipinski definition) is 2. The smallest absolute Gasteiger partial charge is 0.255 e. The van der Waals surface area contributed by atoms with E-state index < -0.39 is 5.91 Å². The molecule has 2 heterocycles. The van der Waals surface area contributed by atoms with Crippen molar-refractivity contribution in [2.24, 2.45) is 5.73 Å². The summed E-state index contributed by atoms with van der Waals surface area (Å²) >= 11 is 0. The molecule has 3 aromatic carbocycles. The zero-order valence-electron chi connectivity index (χ0n) is 17.5. The van der Waals surface area contributed by atoms with Crippen molar-refractivity contribution in [3.63, 3.8) is 0 Å². The molecule has 160 valence electrons. The molecule has 0 saturated heterocycles. The average molecular weight is 425 g/mol. The van der Waals surface area contributed by atoms with Crippen LogP contribution in [0, 0.1) is 0 Å². The number of primary amides is 1. The Kier molecular flexibility index (Phi) is 5.11. The zero-order valence-corrected chi connectivity index (χ0v) is 17.5. The summed E-state index contributed by atoms with van der Waals surface area (Å²) in [5.74, 6) is -0.149. The highest BCUT2D eigenvalue weighted by molar-refractivity contribution is 6.06. The van der Waals surface area contributed by atoms with Crippen molar-refractivity contribution in [1.29, 1.82) is 0 Å². The fourth-order valence-corrected chi connectivity index (χ4v) is 4.43. The number of nitrogens with one attached hydrogen (secondary N) is 1. The van der Waals surface area contributed by atoms with Crippen LogP contribution in [0.25, 0.3) is 10.9 Å². The fraction of sp³-hybridized carbons (Fsp3) is 0.154. The lowest BCUT2D eigenvalue weighted by Crippen LogP contribution is -2.20. The monoisotopic (exact) mass is 425 g/mol. The van der Waals surface area contributed by atoms with Gasteiger partial charge in [-0.1, -0.05) is 48.5 Å². The third-order valence-electron chi connectivity index (χ3n) is 5.81. The van der Waals surface area contributed by atoms with Crippen molar-refractivity contribution in [3.05, 3.63) is 95.7 Å². The molecular weight excluding hydrogens is 402 g/mol. The Morgan fingerprint density at radius 2 is 1.88 bits per heavy atom. The maximum absolute atomic E-state index is 12.7. The largest absolute Gasteiger partial charge is 0.484 e. The van der Waals surface area contributed by atoms with Crippen LogP contribution in [0.3, 0.4) is 0 Å². The molecule has 0 fully saturated rings. The van der Waals surface area contributed by atoms with Crippen LogP contribution in [0.4, 0.5) is 5.69 Å². The van der Waals surface area contributed by atoms with E-state index in [1.54, 1.807) is 6.07 Å². The summed E-state index contributed by atoms with van der Waals surface area (Å²) in [6.45, 7) is 0.554. The van der Waals surface area contributed by atoms with Gasteiger partial charge in [-0.3, -0.25) is 9.59 Å². The summed E-state index contributed by atoms with van der Waals surface area (Å²) in [5.41, 5.74) is 10.4. The minimum atomic E-state index is -0.530. The summed E-state index contributed by atoms with van der Waals surface area (Å²) < 4.78 is 7.74. The highest BCUT2D eigenvalue weighted by Gasteiger charge is 2.28. The van der Waals surface area contributed by atoms with Crippen molar-refractivity contribution < 1.29 is 14.3 Å². The summed E-state index contributed by atoms with van der Waals surface area (Å²) in [7, 11) is 0. The number of aromatic nitrogens is 1. The standard InChI is InChI=1S/C26H23N3O3/c27-24(30)16-32-19-9-4-8-18(12-19)20-13-25(31)28-22-10-5-11-23-26(22)21(20)15-29(23)14-17-6-2-1-3-7-17/h1-12,15,20H,13-14,16H2,(H2,27,30)(H,28,31). The lowest BCUT2D eigenvalue weighted by atomic mass is 9.88. The number of benzene rings is 3. The van der Waals surface area contributed by atoms with Gasteiger partial charge in [0.2, 0.25) is 5.91 Å². The molecule has 1 atom stereocenters. The van der Waals surface area contributed by atoms with Gasteiger partial charge in [-0.15, -0.1) is 0 Å². The Morgan fingerprint density at radius 1 is 1.06 bits per heavy atom. The van der Waals surface area contributed by atoms with Crippen molar-refractivity contribution in [2.45, 2.75) is 18.9 Å². The topological polar surface area (TPSA) is 86.4 Å². The molecule has 0 aliphatic carbocycles. The predicted octanol–water partition coefficient (Wildman–Crippen LogP) is 4.03. The normalized spacial score (nSPS) is 15.2. The molecule has 32 heavy (non-hydrogen) atoms. The molecule has 6 nitrogen and oxygen atoms in total. The molecule has 0 radical (unpaired) electrons. The summed E-state index contributed by atoms with van der Waals surface area (Å²) in [5, 5.41) is 4.13. The van der Waals surface area contributed by atoms with E-state index in [2.05, 4.69) is 34.3 Å². The number of anilines is 1. The molecule has 3 N–H and O–H groups in total. The fourth-order valence-electron chi connectivity index (χ4n) is 4.43. The second-order valence-corrected chi connectivity index (χ2v) is 8.03. The highest BCUT2D eigenvalue weighted by Crippen LogP contribution is 2.41. The Morgan fingerprint density at radius 3 is 2.69 bits per heavy atom. The SMILES string of the molecule is NC(=O)COc1cccc(C2CC(=O)Nc3cccc4c3c2cn4Cc2ccccc2)c1. The zero-order chi connectivity index (χ0) is 22.1. The highest BCUT2D eigenvalue weighted by atomic mass is 16.5. The van der Waals surface area contributed by atoms with E-state index in [4.69, 9.17) is 10.5 Å². The molecule has 1 unspecified atom stereocenters. The van der Waals surface area contributed by atoms with Gasteiger partial charge in [-0.2, -0.15) is 0 Å². The van der Waals surface area contributed by atoms with E-state index in [1.807, 2.05) is 48.5 Å². The van der Waals surface area contributed by atoms with Crippen LogP contribution < -0.4 is 15.8 Å². The minimum absolute atomic E-state index is 0.0308. The van der Waals surface area contributed by atoms with Crippen molar-refractivity contribution >= 4 is 28.4 Å². The van der Waals surface area contributed by atoms with Gasteiger partial charge in [0.1, 0.15) is 5.75 Å². The molecule has 1 aliphatic rings. The van der Waals surface area contributed by atoms with Crippen LogP contribution >= 0.6 is 0 Å². The molecule has 0 spiro atoms. The molecule has 1 aromatic heterocycles. The molecule has 4 aromatic rings. The Bertz CT molecular complexity index is 1310. The summed E-state index contributed by atoms with van der Waals surface area (Å²) in [6, 6.07) is 23.9. The van der Waals surface area contributed by atoms with Crippen molar-refractivity contribution in [3.8, 4) is 5.75 Å². The first-order valence-corrected chi connectivity index (χ1v) is 10.5. The number of hydrogen-bond acceptors (Lipinski definition) is 3. The lowest BCUT2D eigenvalue weighted by Gasteiger charge is -2.16. The van der Waals surface area contributed by atoms with Crippen LogP contribution in [-0.2, 0) is 16.1 Å². The second kappa shape index (κ2) is 8.23. The molecular formula is C26H23N3O3. The maximum atomic E-state index is 12.7. The van der Waals surface area contributed by atoms with Gasteiger partial charge in [0, 0.05) is 30.5 Å². The first kappa shape index (κ1) is 19.9. The number of carbonyl (C=O) groups excluding carboxylic acids is 2. The van der Waals surface area contributed by atoms with E-state index in [0.717, 1.165) is 34.3 Å². The van der Waals surface area contributed by atoms with Crippen LogP contribution in [0.15, 0.2) is 79.0 Å². The minimum Gasteiger partial charge on any atom is -0.484 e. The van der Waals surface area contributed by atoms with Crippen molar-refractivity contribution in [1.82, 2.24) is 4.57 Å². The Labute approximate surface area is 185 Å². The van der Waals surface area contributed by atoms with Gasteiger partial charge in [-0.05, 0) is 41.0 Å². The number of amides is 2. The molecule has 0 bridgehead atoms. The van der Waals surface area contributed by atoms with Gasteiger partial charge < -0.3 is 20.4 Å². The first-order chi connectivity index (χ1) is 15.6. The Hall–Kier alpha value is -4.06. The first-order valence-electron chi connectivity index (χ1n) is 10.5. The van der Waals surface area contributed by atoms with Crippen LogP contribution in [0.1, 0.15) is 29.0 Å². The van der Waals surface area contributed by atoms with Gasteiger partial charge in [-0.25, -0.2) is 0 Å². The van der Waals surface area contributed by atoms with E-state index in [9.17, 15) is 9.59 Å². The third-order valence-corrected chi connectivity index (χ3v) is 5.81. The quantitative estimate of drug-likeness (QED) is 0.489.